The van der Waals surface area contributed by atoms with Crippen LogP contribution in [0.25, 0.3) is 0 Å². The van der Waals surface area contributed by atoms with E-state index in [1.165, 1.54) is 0 Å². The predicted octanol–water partition coefficient (Wildman–Crippen LogP) is -7.34. The number of rotatable bonds is 9. The van der Waals surface area contributed by atoms with Crippen molar-refractivity contribution in [1.29, 1.82) is 0 Å². The van der Waals surface area contributed by atoms with Crippen LogP contribution in [0.1, 0.15) is 6.92 Å². The molecule has 0 bridgehead atoms. The molecular weight excluding hydrogens is 526 g/mol. The molecule has 14 atom stereocenters. The number of carbonyl (C=O) groups excluding carboxylic acids is 1. The number of amides is 1. The lowest BCUT2D eigenvalue weighted by molar-refractivity contribution is -0.373. The van der Waals surface area contributed by atoms with Gasteiger partial charge in [0.1, 0.15) is 67.6 Å². The Morgan fingerprint density at radius 3 is 2.00 bits per heavy atom. The third-order valence-electron chi connectivity index (χ3n) is 6.56. The van der Waals surface area contributed by atoms with Crippen LogP contribution < -0.4 is 5.32 Å². The van der Waals surface area contributed by atoms with Crippen molar-refractivity contribution in [3.8, 4) is 0 Å². The third kappa shape index (κ3) is 5.78. The summed E-state index contributed by atoms with van der Waals surface area (Å²) >= 11 is 0. The van der Waals surface area contributed by atoms with Gasteiger partial charge >= 0.3 is 5.97 Å². The van der Waals surface area contributed by atoms with Gasteiger partial charge in [0, 0.05) is 6.92 Å². The van der Waals surface area contributed by atoms with E-state index in [1.807, 2.05) is 0 Å². The lowest BCUT2D eigenvalue weighted by Crippen LogP contribution is -2.69. The standard InChI is InChI=1S/C20H33NO17/c1-5(25)21-8-13(9(26)6(2-22)34-18(8)33)35-19-12(29)14(11(28)15(36-19)17(31)32)38-20(4-24)16(30)10(27)7(3-23)37-20/h6-16,18-19,22-24,26-30,33H,2-4H2,1H3,(H,21,25)(H,31,32)/t6-,7+,8-,9+,10-,11-,12+,13-,14+,15+,16+,18+,19+,20-/m0/s1. The maximum atomic E-state index is 11.8. The van der Waals surface area contributed by atoms with E-state index in [2.05, 4.69) is 5.32 Å². The Morgan fingerprint density at radius 2 is 1.50 bits per heavy atom. The molecule has 3 aliphatic rings. The van der Waals surface area contributed by atoms with E-state index in [0.29, 0.717) is 0 Å². The van der Waals surface area contributed by atoms with Crippen LogP contribution in [0.5, 0.6) is 0 Å². The van der Waals surface area contributed by atoms with Gasteiger partial charge in [-0.05, 0) is 0 Å². The van der Waals surface area contributed by atoms with E-state index >= 15 is 0 Å². The molecule has 0 aromatic heterocycles. The molecule has 3 fully saturated rings. The van der Waals surface area contributed by atoms with Crippen LogP contribution in [0.15, 0.2) is 0 Å². The molecule has 0 aliphatic carbocycles. The van der Waals surface area contributed by atoms with Gasteiger partial charge in [0.2, 0.25) is 11.7 Å². The molecule has 38 heavy (non-hydrogen) atoms. The molecule has 0 aromatic rings. The molecule has 0 unspecified atom stereocenters. The van der Waals surface area contributed by atoms with Gasteiger partial charge < -0.3 is 80.1 Å². The van der Waals surface area contributed by atoms with Crippen LogP contribution >= 0.6 is 0 Å². The normalized spacial score (nSPS) is 47.6. The van der Waals surface area contributed by atoms with E-state index < -0.39 is 117 Å². The Labute approximate surface area is 214 Å². The number of carboxylic acid groups (broad SMARTS) is 1. The molecule has 3 heterocycles. The van der Waals surface area contributed by atoms with Crippen LogP contribution in [0.2, 0.25) is 0 Å². The molecule has 0 saturated carbocycles. The highest BCUT2D eigenvalue weighted by atomic mass is 16.8. The molecular formula is C20H33NO17. The largest absolute Gasteiger partial charge is 0.479 e. The zero-order valence-corrected chi connectivity index (χ0v) is 20.0. The number of hydrogen-bond donors (Lipinski definition) is 11. The summed E-state index contributed by atoms with van der Waals surface area (Å²) in [5.74, 6) is -5.02. The summed E-state index contributed by atoms with van der Waals surface area (Å²) in [7, 11) is 0. The molecule has 18 nitrogen and oxygen atoms in total. The Balaban J connectivity index is 1.92. The van der Waals surface area contributed by atoms with E-state index in [1.54, 1.807) is 0 Å². The number of nitrogens with one attached hydrogen (secondary N) is 1. The second kappa shape index (κ2) is 12.3. The van der Waals surface area contributed by atoms with Crippen LogP contribution in [-0.4, -0.2) is 168 Å². The summed E-state index contributed by atoms with van der Waals surface area (Å²) in [6.45, 7) is -1.76. The van der Waals surface area contributed by atoms with E-state index in [-0.39, 0.29) is 0 Å². The van der Waals surface area contributed by atoms with Gasteiger partial charge in [-0.1, -0.05) is 0 Å². The third-order valence-corrected chi connectivity index (χ3v) is 6.56. The Bertz CT molecular complexity index is 833. The van der Waals surface area contributed by atoms with Crippen LogP contribution in [0.3, 0.4) is 0 Å². The number of ether oxygens (including phenoxy) is 5. The number of aliphatic carboxylic acids is 1. The van der Waals surface area contributed by atoms with Crippen molar-refractivity contribution in [3.63, 3.8) is 0 Å². The number of carboxylic acids is 1. The van der Waals surface area contributed by atoms with E-state index in [9.17, 15) is 60.7 Å². The second-order valence-electron chi connectivity index (χ2n) is 9.14. The lowest BCUT2D eigenvalue weighted by Gasteiger charge is -2.47. The van der Waals surface area contributed by atoms with Crippen molar-refractivity contribution in [1.82, 2.24) is 5.32 Å². The molecule has 3 saturated heterocycles. The lowest BCUT2D eigenvalue weighted by atomic mass is 9.95. The van der Waals surface area contributed by atoms with Gasteiger partial charge in [0.25, 0.3) is 0 Å². The van der Waals surface area contributed by atoms with E-state index in [4.69, 9.17) is 23.7 Å². The van der Waals surface area contributed by atoms with Gasteiger partial charge in [-0.15, -0.1) is 0 Å². The summed E-state index contributed by atoms with van der Waals surface area (Å²) in [4.78, 5) is 23.4. The number of aliphatic hydroxyl groups is 9. The van der Waals surface area contributed by atoms with Crippen molar-refractivity contribution in [2.45, 2.75) is 92.4 Å². The topological polar surface area (TPSA) is 295 Å². The Kier molecular flexibility index (Phi) is 9.98. The molecule has 0 radical (unpaired) electrons. The molecule has 3 aliphatic heterocycles. The van der Waals surface area contributed by atoms with E-state index in [0.717, 1.165) is 6.92 Å². The molecule has 3 rings (SSSR count). The molecule has 1 amide bonds. The molecule has 0 aromatic carbocycles. The van der Waals surface area contributed by atoms with Crippen molar-refractivity contribution < 1.29 is 84.3 Å². The van der Waals surface area contributed by atoms with Crippen LogP contribution in [0.4, 0.5) is 0 Å². The first-order valence-corrected chi connectivity index (χ1v) is 11.5. The average molecular weight is 559 g/mol. The first kappa shape index (κ1) is 30.9. The van der Waals surface area contributed by atoms with Crippen LogP contribution in [-0.2, 0) is 33.3 Å². The fourth-order valence-electron chi connectivity index (χ4n) is 4.58. The molecule has 18 heteroatoms. The number of aliphatic hydroxyl groups excluding tert-OH is 9. The molecule has 11 N–H and O–H groups in total. The zero-order chi connectivity index (χ0) is 28.5. The summed E-state index contributed by atoms with van der Waals surface area (Å²) in [6.07, 6.45) is -22.6. The van der Waals surface area contributed by atoms with Gasteiger partial charge in [0.05, 0.1) is 13.2 Å². The number of hydrogen-bond acceptors (Lipinski definition) is 16. The number of carbonyl (C=O) groups is 2. The van der Waals surface area contributed by atoms with Gasteiger partial charge in [-0.25, -0.2) is 4.79 Å². The highest BCUT2D eigenvalue weighted by molar-refractivity contribution is 5.73. The summed E-state index contributed by atoms with van der Waals surface area (Å²) < 4.78 is 26.4. The van der Waals surface area contributed by atoms with Crippen molar-refractivity contribution >= 4 is 11.9 Å². The smallest absolute Gasteiger partial charge is 0.335 e. The predicted molar refractivity (Wildman–Crippen MR) is 113 cm³/mol. The fourth-order valence-corrected chi connectivity index (χ4v) is 4.58. The highest BCUT2D eigenvalue weighted by Gasteiger charge is 2.60. The van der Waals surface area contributed by atoms with Crippen LogP contribution in [0, 0.1) is 0 Å². The molecule has 220 valence electrons. The minimum absolute atomic E-state index is 0.708. The van der Waals surface area contributed by atoms with Gasteiger partial charge in [-0.3, -0.25) is 4.79 Å². The van der Waals surface area contributed by atoms with Crippen molar-refractivity contribution in [2.24, 2.45) is 0 Å². The summed E-state index contributed by atoms with van der Waals surface area (Å²) in [6, 6.07) is -1.51. The maximum Gasteiger partial charge on any atom is 0.335 e. The zero-order valence-electron chi connectivity index (χ0n) is 20.0. The Hall–Kier alpha value is -1.62. The average Bonchev–Trinajstić information content (AvgIpc) is 3.11. The minimum atomic E-state index is -2.54. The quantitative estimate of drug-likeness (QED) is 0.125. The van der Waals surface area contributed by atoms with Gasteiger partial charge in [-0.2, -0.15) is 0 Å². The minimum Gasteiger partial charge on any atom is -0.479 e. The first-order chi connectivity index (χ1) is 17.8. The highest BCUT2D eigenvalue weighted by Crippen LogP contribution is 2.37. The maximum absolute atomic E-state index is 11.8. The molecule has 0 spiro atoms. The second-order valence-corrected chi connectivity index (χ2v) is 9.14. The summed E-state index contributed by atoms with van der Waals surface area (Å²) in [5.41, 5.74) is 0. The summed E-state index contributed by atoms with van der Waals surface area (Å²) in [5, 5.41) is 103. The first-order valence-electron chi connectivity index (χ1n) is 11.5. The SMILES string of the molecule is CC(=O)N[C@H]1[C@H](O[C@@H]2O[C@@H](C(=O)O)[C@@H](O)[C@@H](O[C@]3(CO)O[C@H](CO)[C@H](O)[C@H]3O)[C@H]2O)[C@H](O)[C@H](CO)O[C@H]1O. The Morgan fingerprint density at radius 1 is 0.868 bits per heavy atom. The van der Waals surface area contributed by atoms with Crippen molar-refractivity contribution in [2.75, 3.05) is 19.8 Å². The fraction of sp³-hybridized carbons (Fsp3) is 0.900. The van der Waals surface area contributed by atoms with Gasteiger partial charge in [0.15, 0.2) is 18.7 Å². The van der Waals surface area contributed by atoms with Crippen molar-refractivity contribution in [3.05, 3.63) is 0 Å². The monoisotopic (exact) mass is 559 g/mol.